The Bertz CT molecular complexity index is 233. The molecule has 1 nitrogen and oxygen atoms in total. The van der Waals surface area contributed by atoms with Gasteiger partial charge in [-0.2, -0.15) is 0 Å². The Hall–Kier alpha value is 0.0200. The number of carbonyl (C=O) groups excluding carboxylic acids is 1. The number of thioether (sulfide) groups is 1. The maximum absolute atomic E-state index is 12.2. The van der Waals surface area contributed by atoms with E-state index < -0.39 is 0 Å². The van der Waals surface area contributed by atoms with Crippen molar-refractivity contribution in [1.82, 2.24) is 0 Å². The molecule has 1 saturated heterocycles. The van der Waals surface area contributed by atoms with E-state index in [1.807, 2.05) is 11.8 Å². The molecule has 1 aliphatic rings. The Morgan fingerprint density at radius 2 is 2.07 bits per heavy atom. The molecule has 2 heteroatoms. The molecular formula is C13H24OS. The third-order valence-electron chi connectivity index (χ3n) is 3.78. The summed E-state index contributed by atoms with van der Waals surface area (Å²) in [4.78, 5) is 12.2. The Kier molecular flexibility index (Phi) is 3.91. The van der Waals surface area contributed by atoms with Gasteiger partial charge >= 0.3 is 0 Å². The van der Waals surface area contributed by atoms with E-state index in [1.54, 1.807) is 0 Å². The first-order valence-corrected chi connectivity index (χ1v) is 6.91. The number of rotatable bonds is 3. The van der Waals surface area contributed by atoms with Gasteiger partial charge < -0.3 is 0 Å². The van der Waals surface area contributed by atoms with E-state index >= 15 is 0 Å². The lowest BCUT2D eigenvalue weighted by atomic mass is 9.77. The standard InChI is InChI=1S/C13H24OS/c1-10(12(2,3)4)9-11(14)13(5)7-6-8-15-13/h10H,6-9H2,1-5H3. The van der Waals surface area contributed by atoms with Crippen LogP contribution in [0.15, 0.2) is 0 Å². The van der Waals surface area contributed by atoms with Gasteiger partial charge in [0.25, 0.3) is 0 Å². The van der Waals surface area contributed by atoms with Gasteiger partial charge in [-0.15, -0.1) is 11.8 Å². The van der Waals surface area contributed by atoms with Crippen molar-refractivity contribution in [2.45, 2.75) is 58.6 Å². The SMILES string of the molecule is CC(CC(=O)C1(C)CCCS1)C(C)(C)C. The van der Waals surface area contributed by atoms with Gasteiger partial charge in [0.05, 0.1) is 4.75 Å². The second kappa shape index (κ2) is 4.48. The molecule has 1 rings (SSSR count). The molecule has 0 aliphatic carbocycles. The summed E-state index contributed by atoms with van der Waals surface area (Å²) >= 11 is 1.86. The lowest BCUT2D eigenvalue weighted by Crippen LogP contribution is -2.32. The summed E-state index contributed by atoms with van der Waals surface area (Å²) in [6.45, 7) is 11.0. The van der Waals surface area contributed by atoms with Gasteiger partial charge in [-0.25, -0.2) is 0 Å². The van der Waals surface area contributed by atoms with Crippen LogP contribution in [0.3, 0.4) is 0 Å². The molecule has 0 bridgehead atoms. The predicted octanol–water partition coefficient (Wildman–Crippen LogP) is 3.91. The molecule has 1 aliphatic heterocycles. The molecule has 0 amide bonds. The lowest BCUT2D eigenvalue weighted by molar-refractivity contribution is -0.122. The van der Waals surface area contributed by atoms with Gasteiger partial charge in [0.1, 0.15) is 5.78 Å². The summed E-state index contributed by atoms with van der Waals surface area (Å²) < 4.78 is -0.0699. The summed E-state index contributed by atoms with van der Waals surface area (Å²) in [5.41, 5.74) is 0.245. The van der Waals surface area contributed by atoms with Crippen LogP contribution in [0.5, 0.6) is 0 Å². The Labute approximate surface area is 98.4 Å². The summed E-state index contributed by atoms with van der Waals surface area (Å²) in [5, 5.41) is 0. The molecule has 0 aromatic carbocycles. The Balaban J connectivity index is 2.55. The minimum atomic E-state index is -0.0699. The quantitative estimate of drug-likeness (QED) is 0.728. The van der Waals surface area contributed by atoms with Crippen LogP contribution in [0.2, 0.25) is 0 Å². The summed E-state index contributed by atoms with van der Waals surface area (Å²) in [5.74, 6) is 2.10. The van der Waals surface area contributed by atoms with Gasteiger partial charge in [0.15, 0.2) is 0 Å². The average Bonchev–Trinajstić information content (AvgIpc) is 2.51. The van der Waals surface area contributed by atoms with Gasteiger partial charge in [-0.1, -0.05) is 27.7 Å². The van der Waals surface area contributed by atoms with E-state index in [1.165, 1.54) is 6.42 Å². The van der Waals surface area contributed by atoms with E-state index in [0.717, 1.165) is 18.6 Å². The molecule has 0 radical (unpaired) electrons. The minimum Gasteiger partial charge on any atom is -0.298 e. The highest BCUT2D eigenvalue weighted by atomic mass is 32.2. The van der Waals surface area contributed by atoms with Crippen LogP contribution in [0, 0.1) is 11.3 Å². The van der Waals surface area contributed by atoms with Crippen molar-refractivity contribution in [1.29, 1.82) is 0 Å². The first-order chi connectivity index (χ1) is 6.76. The monoisotopic (exact) mass is 228 g/mol. The number of hydrogen-bond acceptors (Lipinski definition) is 2. The fourth-order valence-electron chi connectivity index (χ4n) is 1.80. The molecule has 2 unspecified atom stereocenters. The number of Topliss-reactive ketones (excluding diaryl/α,β-unsaturated/α-hetero) is 1. The van der Waals surface area contributed by atoms with Crippen molar-refractivity contribution in [3.63, 3.8) is 0 Å². The molecule has 88 valence electrons. The van der Waals surface area contributed by atoms with Crippen LogP contribution in [-0.4, -0.2) is 16.3 Å². The Morgan fingerprint density at radius 1 is 1.47 bits per heavy atom. The molecule has 0 aromatic rings. The highest BCUT2D eigenvalue weighted by Gasteiger charge is 2.38. The highest BCUT2D eigenvalue weighted by Crippen LogP contribution is 2.41. The average molecular weight is 228 g/mol. The number of carbonyl (C=O) groups is 1. The number of hydrogen-bond donors (Lipinski definition) is 0. The van der Waals surface area contributed by atoms with Crippen LogP contribution in [-0.2, 0) is 4.79 Å². The van der Waals surface area contributed by atoms with Crippen LogP contribution < -0.4 is 0 Å². The lowest BCUT2D eigenvalue weighted by Gasteiger charge is -2.30. The molecule has 1 heterocycles. The zero-order chi connectivity index (χ0) is 11.7. The topological polar surface area (TPSA) is 17.1 Å². The maximum Gasteiger partial charge on any atom is 0.148 e. The zero-order valence-corrected chi connectivity index (χ0v) is 11.5. The van der Waals surface area contributed by atoms with Crippen LogP contribution >= 0.6 is 11.8 Å². The fraction of sp³-hybridized carbons (Fsp3) is 0.923. The van der Waals surface area contributed by atoms with Gasteiger partial charge in [-0.3, -0.25) is 4.79 Å². The normalized spacial score (nSPS) is 29.1. The van der Waals surface area contributed by atoms with Gasteiger partial charge in [0, 0.05) is 6.42 Å². The van der Waals surface area contributed by atoms with Crippen LogP contribution in [0.4, 0.5) is 0 Å². The highest BCUT2D eigenvalue weighted by molar-refractivity contribution is 8.01. The summed E-state index contributed by atoms with van der Waals surface area (Å²) in [6, 6.07) is 0. The third kappa shape index (κ3) is 3.24. The smallest absolute Gasteiger partial charge is 0.148 e. The maximum atomic E-state index is 12.2. The Morgan fingerprint density at radius 3 is 2.47 bits per heavy atom. The molecule has 0 saturated carbocycles. The molecule has 15 heavy (non-hydrogen) atoms. The van der Waals surface area contributed by atoms with E-state index in [4.69, 9.17) is 0 Å². The minimum absolute atomic E-state index is 0.0699. The summed E-state index contributed by atoms with van der Waals surface area (Å²) in [7, 11) is 0. The number of ketones is 1. The second-order valence-electron chi connectivity index (χ2n) is 6.08. The van der Waals surface area contributed by atoms with Gasteiger partial charge in [-0.05, 0) is 36.9 Å². The first kappa shape index (κ1) is 13.1. The molecule has 2 atom stereocenters. The summed E-state index contributed by atoms with van der Waals surface area (Å²) in [6.07, 6.45) is 3.02. The second-order valence-corrected chi connectivity index (χ2v) is 7.68. The van der Waals surface area contributed by atoms with Crippen molar-refractivity contribution in [3.05, 3.63) is 0 Å². The molecule has 0 aromatic heterocycles. The van der Waals surface area contributed by atoms with Crippen LogP contribution in [0.1, 0.15) is 53.9 Å². The van der Waals surface area contributed by atoms with Crippen molar-refractivity contribution < 1.29 is 4.79 Å². The largest absolute Gasteiger partial charge is 0.298 e. The van der Waals surface area contributed by atoms with Crippen LogP contribution in [0.25, 0.3) is 0 Å². The van der Waals surface area contributed by atoms with Crippen molar-refractivity contribution in [2.24, 2.45) is 11.3 Å². The van der Waals surface area contributed by atoms with E-state index in [-0.39, 0.29) is 10.2 Å². The molecule has 1 fully saturated rings. The van der Waals surface area contributed by atoms with E-state index in [9.17, 15) is 4.79 Å². The third-order valence-corrected chi connectivity index (χ3v) is 5.34. The van der Waals surface area contributed by atoms with Gasteiger partial charge in [0.2, 0.25) is 0 Å². The van der Waals surface area contributed by atoms with E-state index in [2.05, 4.69) is 34.6 Å². The van der Waals surface area contributed by atoms with Crippen molar-refractivity contribution >= 4 is 17.5 Å². The zero-order valence-electron chi connectivity index (χ0n) is 10.7. The van der Waals surface area contributed by atoms with Crippen molar-refractivity contribution in [2.75, 3.05) is 5.75 Å². The van der Waals surface area contributed by atoms with E-state index in [0.29, 0.717) is 11.7 Å². The fourth-order valence-corrected chi connectivity index (χ4v) is 3.07. The molecule has 0 N–H and O–H groups in total. The predicted molar refractivity (Wildman–Crippen MR) is 68.3 cm³/mol. The van der Waals surface area contributed by atoms with Crippen molar-refractivity contribution in [3.8, 4) is 0 Å². The molecule has 0 spiro atoms. The molecular weight excluding hydrogens is 204 g/mol. The first-order valence-electron chi connectivity index (χ1n) is 5.93.